The van der Waals surface area contributed by atoms with E-state index in [0.29, 0.717) is 95.1 Å². The summed E-state index contributed by atoms with van der Waals surface area (Å²) in [4.78, 5) is 57.0. The zero-order valence-corrected chi connectivity index (χ0v) is 36.2. The molecule has 0 bridgehead atoms. The van der Waals surface area contributed by atoms with Crippen molar-refractivity contribution in [1.29, 1.82) is 0 Å². The van der Waals surface area contributed by atoms with E-state index in [4.69, 9.17) is 23.7 Å². The van der Waals surface area contributed by atoms with E-state index in [-0.39, 0.29) is 24.2 Å². The molecule has 0 atom stereocenters. The third kappa shape index (κ3) is 10.7. The van der Waals surface area contributed by atoms with Crippen LogP contribution in [0.4, 0.5) is 14.4 Å². The first kappa shape index (κ1) is 42.1. The van der Waals surface area contributed by atoms with Crippen molar-refractivity contribution in [2.75, 3.05) is 53.5 Å². The van der Waals surface area contributed by atoms with Crippen LogP contribution in [0.2, 0.25) is 0 Å². The quantitative estimate of drug-likeness (QED) is 0.215. The van der Waals surface area contributed by atoms with Gasteiger partial charge < -0.3 is 33.5 Å². The smallest absolute Gasteiger partial charge is 0.410 e. The van der Waals surface area contributed by atoms with E-state index in [0.717, 1.165) is 20.1 Å². The fourth-order valence-electron chi connectivity index (χ4n) is 7.52. The molecule has 57 heavy (non-hydrogen) atoms. The van der Waals surface area contributed by atoms with Gasteiger partial charge in [-0.25, -0.2) is 14.4 Å². The maximum atomic E-state index is 13.0. The van der Waals surface area contributed by atoms with Crippen LogP contribution >= 0.6 is 31.9 Å². The van der Waals surface area contributed by atoms with E-state index in [2.05, 4.69) is 31.9 Å². The lowest BCUT2D eigenvalue weighted by molar-refractivity contribution is -0.0171. The predicted octanol–water partition coefficient (Wildman–Crippen LogP) is 8.26. The number of ether oxygens (including phenoxy) is 5. The molecule has 0 radical (unpaired) electrons. The first-order valence-corrected chi connectivity index (χ1v) is 20.6. The van der Waals surface area contributed by atoms with Gasteiger partial charge in [0.25, 0.3) is 5.91 Å². The summed E-state index contributed by atoms with van der Waals surface area (Å²) < 4.78 is 29.5. The topological polar surface area (TPSA) is 127 Å². The van der Waals surface area contributed by atoms with Crippen LogP contribution in [0.15, 0.2) is 75.7 Å². The number of rotatable bonds is 7. The number of carbonyl (C=O) groups is 4. The standard InChI is InChI=1S/C23H25BrN2O5.C19H25BrN2O4/c1-29-19-11-17(12-20(13-19)30-2)21(27)25-8-6-23(7-9-25)15-26(22(28)31-23)14-16-4-3-5-18(24)10-16;1-18(2,3)25-16(23)21-9-7-19(8-10-21)13-22(17(24)26-19)12-14-5-4-6-15(20)11-14/h3-5,10-13H,6-9,14-15H2,1-2H3;4-6,11H,7-10,12-13H2,1-3H3. The molecule has 306 valence electrons. The zero-order valence-electron chi connectivity index (χ0n) is 33.1. The monoisotopic (exact) mass is 912 g/mol. The number of likely N-dealkylation sites (tertiary alicyclic amines) is 2. The lowest BCUT2D eigenvalue weighted by Gasteiger charge is -2.37. The summed E-state index contributed by atoms with van der Waals surface area (Å²) >= 11 is 6.92. The first-order valence-electron chi connectivity index (χ1n) is 19.0. The fourth-order valence-corrected chi connectivity index (χ4v) is 8.41. The van der Waals surface area contributed by atoms with Gasteiger partial charge in [-0.15, -0.1) is 0 Å². The second kappa shape index (κ2) is 17.6. The Bertz CT molecular complexity index is 1930. The Morgan fingerprint density at radius 1 is 0.684 bits per heavy atom. The fraction of sp³-hybridized carbons (Fsp3) is 0.476. The summed E-state index contributed by atoms with van der Waals surface area (Å²) in [5.74, 6) is 1.07. The Morgan fingerprint density at radius 2 is 1.12 bits per heavy atom. The van der Waals surface area contributed by atoms with Gasteiger partial charge in [-0.2, -0.15) is 0 Å². The summed E-state index contributed by atoms with van der Waals surface area (Å²) in [6.45, 7) is 9.81. The van der Waals surface area contributed by atoms with Crippen LogP contribution in [-0.2, 0) is 27.3 Å². The highest BCUT2D eigenvalue weighted by Gasteiger charge is 2.49. The van der Waals surface area contributed by atoms with Crippen LogP contribution in [0.5, 0.6) is 11.5 Å². The van der Waals surface area contributed by atoms with E-state index >= 15 is 0 Å². The molecule has 4 fully saturated rings. The first-order chi connectivity index (χ1) is 27.1. The number of piperidine rings is 2. The van der Waals surface area contributed by atoms with Crippen molar-refractivity contribution in [3.8, 4) is 11.5 Å². The number of carbonyl (C=O) groups excluding carboxylic acids is 4. The molecule has 4 saturated heterocycles. The van der Waals surface area contributed by atoms with Gasteiger partial charge in [0, 0.05) is 85.5 Å². The minimum atomic E-state index is -0.536. The molecular weight excluding hydrogens is 864 g/mol. The highest BCUT2D eigenvalue weighted by molar-refractivity contribution is 9.10. The minimum absolute atomic E-state index is 0.0811. The highest BCUT2D eigenvalue weighted by atomic mass is 79.9. The second-order valence-corrected chi connectivity index (χ2v) is 17.8. The van der Waals surface area contributed by atoms with E-state index in [1.807, 2.05) is 69.3 Å². The SMILES string of the molecule is CC(C)(C)OC(=O)N1CCC2(CC1)CN(Cc1cccc(Br)c1)C(=O)O2.COc1cc(OC)cc(C(=O)N2CCC3(CC2)CN(Cc2cccc(Br)c2)C(=O)O3)c1. The van der Waals surface area contributed by atoms with Crippen LogP contribution in [0.25, 0.3) is 0 Å². The Labute approximate surface area is 350 Å². The van der Waals surface area contributed by atoms with Crippen molar-refractivity contribution >= 4 is 56.0 Å². The Hall–Kier alpha value is -4.50. The van der Waals surface area contributed by atoms with E-state index < -0.39 is 16.8 Å². The molecule has 0 aromatic heterocycles. The van der Waals surface area contributed by atoms with Gasteiger partial charge in [-0.3, -0.25) is 14.6 Å². The van der Waals surface area contributed by atoms with Crippen molar-refractivity contribution in [1.82, 2.24) is 19.6 Å². The maximum absolute atomic E-state index is 13.0. The summed E-state index contributed by atoms with van der Waals surface area (Å²) in [6, 6.07) is 21.0. The summed E-state index contributed by atoms with van der Waals surface area (Å²) in [5.41, 5.74) is 1.08. The van der Waals surface area contributed by atoms with Crippen LogP contribution in [0.3, 0.4) is 0 Å². The lowest BCUT2D eigenvalue weighted by atomic mass is 9.91. The van der Waals surface area contributed by atoms with Gasteiger partial charge >= 0.3 is 18.3 Å². The molecule has 3 aromatic carbocycles. The molecule has 3 aromatic rings. The van der Waals surface area contributed by atoms with Crippen LogP contribution in [0, 0.1) is 0 Å². The number of nitrogens with zero attached hydrogens (tertiary/aromatic N) is 4. The van der Waals surface area contributed by atoms with E-state index in [1.54, 1.807) is 52.0 Å². The number of hydrogen-bond donors (Lipinski definition) is 0. The molecule has 0 unspecified atom stereocenters. The maximum Gasteiger partial charge on any atom is 0.410 e. The minimum Gasteiger partial charge on any atom is -0.497 e. The lowest BCUT2D eigenvalue weighted by Crippen LogP contribution is -2.49. The molecule has 4 amide bonds. The van der Waals surface area contributed by atoms with Gasteiger partial charge in [0.05, 0.1) is 27.3 Å². The Kier molecular flexibility index (Phi) is 13.0. The second-order valence-electron chi connectivity index (χ2n) is 15.9. The molecule has 7 rings (SSSR count). The summed E-state index contributed by atoms with van der Waals surface area (Å²) in [6.07, 6.45) is 1.61. The number of hydrogen-bond acceptors (Lipinski definition) is 9. The van der Waals surface area contributed by atoms with Crippen molar-refractivity contribution in [3.63, 3.8) is 0 Å². The molecule has 0 aliphatic carbocycles. The molecule has 4 aliphatic heterocycles. The van der Waals surface area contributed by atoms with Crippen LogP contribution in [0.1, 0.15) is 67.9 Å². The highest BCUT2D eigenvalue weighted by Crippen LogP contribution is 2.36. The van der Waals surface area contributed by atoms with Crippen molar-refractivity contribution in [3.05, 3.63) is 92.4 Å². The van der Waals surface area contributed by atoms with Gasteiger partial charge in [-0.05, 0) is 68.3 Å². The summed E-state index contributed by atoms with van der Waals surface area (Å²) in [5, 5.41) is 0. The third-order valence-corrected chi connectivity index (χ3v) is 11.5. The Morgan fingerprint density at radius 3 is 1.53 bits per heavy atom. The average Bonchev–Trinajstić information content (AvgIpc) is 3.63. The van der Waals surface area contributed by atoms with Crippen molar-refractivity contribution in [2.45, 2.75) is 76.3 Å². The van der Waals surface area contributed by atoms with E-state index in [1.165, 1.54) is 0 Å². The van der Waals surface area contributed by atoms with Crippen LogP contribution < -0.4 is 9.47 Å². The normalized spacial score (nSPS) is 18.5. The molecule has 2 spiro atoms. The number of benzene rings is 3. The predicted molar refractivity (Wildman–Crippen MR) is 219 cm³/mol. The molecule has 4 aliphatic rings. The Balaban J connectivity index is 0.000000196. The molecular formula is C42H50Br2N4O9. The van der Waals surface area contributed by atoms with Crippen molar-refractivity contribution in [2.24, 2.45) is 0 Å². The van der Waals surface area contributed by atoms with Crippen LogP contribution in [-0.4, -0.2) is 114 Å². The van der Waals surface area contributed by atoms with Gasteiger partial charge in [-0.1, -0.05) is 56.1 Å². The third-order valence-electron chi connectivity index (χ3n) is 10.5. The van der Waals surface area contributed by atoms with Crippen molar-refractivity contribution < 1.29 is 42.9 Å². The van der Waals surface area contributed by atoms with Gasteiger partial charge in [0.15, 0.2) is 0 Å². The molecule has 0 N–H and O–H groups in total. The number of methoxy groups -OCH3 is 2. The largest absolute Gasteiger partial charge is 0.497 e. The van der Waals surface area contributed by atoms with Gasteiger partial charge in [0.1, 0.15) is 28.3 Å². The van der Waals surface area contributed by atoms with Gasteiger partial charge in [0.2, 0.25) is 0 Å². The molecule has 4 heterocycles. The average molecular weight is 915 g/mol. The number of halogens is 2. The zero-order chi connectivity index (χ0) is 41.0. The molecule has 13 nitrogen and oxygen atoms in total. The molecule has 15 heteroatoms. The summed E-state index contributed by atoms with van der Waals surface area (Å²) in [7, 11) is 3.12. The van der Waals surface area contributed by atoms with E-state index in [9.17, 15) is 19.2 Å². The number of amides is 4. The molecule has 0 saturated carbocycles.